The van der Waals surface area contributed by atoms with Crippen LogP contribution in [0.4, 0.5) is 5.69 Å². The van der Waals surface area contributed by atoms with Crippen LogP contribution in [0.15, 0.2) is 24.3 Å². The first kappa shape index (κ1) is 12.7. The van der Waals surface area contributed by atoms with Crippen LogP contribution in [0.3, 0.4) is 0 Å². The van der Waals surface area contributed by atoms with Gasteiger partial charge in [0, 0.05) is 23.8 Å². The average molecular weight is 253 g/mol. The van der Waals surface area contributed by atoms with Gasteiger partial charge < -0.3 is 10.2 Å². The lowest BCUT2D eigenvalue weighted by atomic mass is 10.1. The van der Waals surface area contributed by atoms with Crippen LogP contribution >= 0.6 is 11.6 Å². The van der Waals surface area contributed by atoms with Crippen LogP contribution in [0, 0.1) is 5.92 Å². The van der Waals surface area contributed by atoms with Crippen LogP contribution in [-0.4, -0.2) is 26.2 Å². The highest BCUT2D eigenvalue weighted by molar-refractivity contribution is 6.30. The standard InChI is InChI=1S/C14H21ClN2/c1-2-8-16-10-12-7-9-17(11-12)14-5-3-13(15)4-6-14/h3-6,12,16H,2,7-11H2,1H3. The largest absolute Gasteiger partial charge is 0.371 e. The third-order valence-electron chi connectivity index (χ3n) is 3.34. The second kappa shape index (κ2) is 6.27. The Bertz CT molecular complexity index is 337. The average Bonchev–Trinajstić information content (AvgIpc) is 2.79. The Morgan fingerprint density at radius 3 is 2.82 bits per heavy atom. The highest BCUT2D eigenvalue weighted by Crippen LogP contribution is 2.24. The first-order valence-electron chi connectivity index (χ1n) is 6.51. The van der Waals surface area contributed by atoms with Crippen molar-refractivity contribution in [1.29, 1.82) is 0 Å². The summed E-state index contributed by atoms with van der Waals surface area (Å²) in [6, 6.07) is 8.17. The van der Waals surface area contributed by atoms with Gasteiger partial charge in [-0.25, -0.2) is 0 Å². The Balaban J connectivity index is 1.83. The van der Waals surface area contributed by atoms with Gasteiger partial charge >= 0.3 is 0 Å². The van der Waals surface area contributed by atoms with E-state index in [9.17, 15) is 0 Å². The second-order valence-corrected chi connectivity index (χ2v) is 5.22. The van der Waals surface area contributed by atoms with Crippen molar-refractivity contribution < 1.29 is 0 Å². The molecule has 2 nitrogen and oxygen atoms in total. The quantitative estimate of drug-likeness (QED) is 0.810. The van der Waals surface area contributed by atoms with Crippen molar-refractivity contribution in [2.24, 2.45) is 5.92 Å². The molecular formula is C14H21ClN2. The van der Waals surface area contributed by atoms with E-state index in [4.69, 9.17) is 11.6 Å². The molecule has 17 heavy (non-hydrogen) atoms. The number of rotatable bonds is 5. The highest BCUT2D eigenvalue weighted by atomic mass is 35.5. The molecule has 1 fully saturated rings. The first-order valence-corrected chi connectivity index (χ1v) is 6.88. The number of hydrogen-bond donors (Lipinski definition) is 1. The molecule has 94 valence electrons. The first-order chi connectivity index (χ1) is 8.29. The lowest BCUT2D eigenvalue weighted by molar-refractivity contribution is 0.516. The SMILES string of the molecule is CCCNCC1CCN(c2ccc(Cl)cc2)C1. The molecule has 0 spiro atoms. The molecule has 1 aliphatic rings. The van der Waals surface area contributed by atoms with E-state index in [-0.39, 0.29) is 0 Å². The predicted octanol–water partition coefficient (Wildman–Crippen LogP) is 3.17. The summed E-state index contributed by atoms with van der Waals surface area (Å²) in [4.78, 5) is 2.45. The van der Waals surface area contributed by atoms with E-state index in [1.165, 1.54) is 31.6 Å². The fourth-order valence-corrected chi connectivity index (χ4v) is 2.49. The molecular weight excluding hydrogens is 232 g/mol. The number of anilines is 1. The van der Waals surface area contributed by atoms with Gasteiger partial charge in [0.2, 0.25) is 0 Å². The van der Waals surface area contributed by atoms with Crippen molar-refractivity contribution in [3.8, 4) is 0 Å². The van der Waals surface area contributed by atoms with Crippen LogP contribution in [0.2, 0.25) is 5.02 Å². The van der Waals surface area contributed by atoms with Crippen LogP contribution in [0.5, 0.6) is 0 Å². The fraction of sp³-hybridized carbons (Fsp3) is 0.571. The Labute approximate surface area is 109 Å². The molecule has 1 aromatic rings. The normalized spacial score (nSPS) is 19.9. The molecule has 0 aromatic heterocycles. The van der Waals surface area contributed by atoms with E-state index in [1.54, 1.807) is 0 Å². The molecule has 0 amide bonds. The minimum Gasteiger partial charge on any atom is -0.371 e. The zero-order valence-electron chi connectivity index (χ0n) is 10.5. The minimum atomic E-state index is 0.789. The molecule has 1 saturated heterocycles. The maximum Gasteiger partial charge on any atom is 0.0407 e. The summed E-state index contributed by atoms with van der Waals surface area (Å²) in [7, 11) is 0. The van der Waals surface area contributed by atoms with Gasteiger partial charge in [-0.2, -0.15) is 0 Å². The molecule has 1 aromatic carbocycles. The summed E-state index contributed by atoms with van der Waals surface area (Å²) in [6.45, 7) is 6.83. The molecule has 3 heteroatoms. The smallest absolute Gasteiger partial charge is 0.0407 e. The number of benzene rings is 1. The Hall–Kier alpha value is -0.730. The van der Waals surface area contributed by atoms with Crippen LogP contribution in [-0.2, 0) is 0 Å². The van der Waals surface area contributed by atoms with E-state index >= 15 is 0 Å². The Morgan fingerprint density at radius 1 is 1.35 bits per heavy atom. The third kappa shape index (κ3) is 3.62. The summed E-state index contributed by atoms with van der Waals surface area (Å²) in [5.41, 5.74) is 1.30. The molecule has 1 heterocycles. The molecule has 1 N–H and O–H groups in total. The number of nitrogens with one attached hydrogen (secondary N) is 1. The van der Waals surface area contributed by atoms with Crippen molar-refractivity contribution in [3.63, 3.8) is 0 Å². The lowest BCUT2D eigenvalue weighted by Gasteiger charge is -2.18. The van der Waals surface area contributed by atoms with Crippen molar-refractivity contribution in [1.82, 2.24) is 5.32 Å². The summed E-state index contributed by atoms with van der Waals surface area (Å²) in [5.74, 6) is 0.789. The maximum atomic E-state index is 5.90. The van der Waals surface area contributed by atoms with Crippen LogP contribution in [0.25, 0.3) is 0 Å². The van der Waals surface area contributed by atoms with Gasteiger partial charge in [0.15, 0.2) is 0 Å². The number of nitrogens with zero attached hydrogens (tertiary/aromatic N) is 1. The monoisotopic (exact) mass is 252 g/mol. The van der Waals surface area contributed by atoms with Gasteiger partial charge in [-0.15, -0.1) is 0 Å². The van der Waals surface area contributed by atoms with Crippen molar-refractivity contribution >= 4 is 17.3 Å². The fourth-order valence-electron chi connectivity index (χ4n) is 2.37. The van der Waals surface area contributed by atoms with Gasteiger partial charge in [0.1, 0.15) is 0 Å². The lowest BCUT2D eigenvalue weighted by Crippen LogP contribution is -2.26. The van der Waals surface area contributed by atoms with Gasteiger partial charge in [-0.05, 0) is 56.1 Å². The van der Waals surface area contributed by atoms with E-state index in [0.717, 1.165) is 24.0 Å². The number of hydrogen-bond acceptors (Lipinski definition) is 2. The van der Waals surface area contributed by atoms with E-state index in [1.807, 2.05) is 12.1 Å². The summed E-state index contributed by atoms with van der Waals surface area (Å²) in [6.07, 6.45) is 2.51. The van der Waals surface area contributed by atoms with Gasteiger partial charge in [-0.3, -0.25) is 0 Å². The zero-order valence-corrected chi connectivity index (χ0v) is 11.2. The molecule has 0 saturated carbocycles. The molecule has 1 unspecified atom stereocenters. The second-order valence-electron chi connectivity index (χ2n) is 4.78. The molecule has 0 bridgehead atoms. The van der Waals surface area contributed by atoms with Crippen molar-refractivity contribution in [2.75, 3.05) is 31.1 Å². The highest BCUT2D eigenvalue weighted by Gasteiger charge is 2.21. The topological polar surface area (TPSA) is 15.3 Å². The maximum absolute atomic E-state index is 5.90. The minimum absolute atomic E-state index is 0.789. The molecule has 0 radical (unpaired) electrons. The van der Waals surface area contributed by atoms with Gasteiger partial charge in [0.05, 0.1) is 0 Å². The molecule has 2 rings (SSSR count). The Morgan fingerprint density at radius 2 is 2.12 bits per heavy atom. The summed E-state index contributed by atoms with van der Waals surface area (Å²) < 4.78 is 0. The van der Waals surface area contributed by atoms with Crippen LogP contribution < -0.4 is 10.2 Å². The van der Waals surface area contributed by atoms with E-state index in [0.29, 0.717) is 0 Å². The Kier molecular flexibility index (Phi) is 4.69. The van der Waals surface area contributed by atoms with Crippen molar-refractivity contribution in [3.05, 3.63) is 29.3 Å². The van der Waals surface area contributed by atoms with E-state index in [2.05, 4.69) is 29.3 Å². The molecule has 0 aliphatic carbocycles. The summed E-state index contributed by atoms with van der Waals surface area (Å²) >= 11 is 5.90. The number of halogens is 1. The molecule has 1 aliphatic heterocycles. The summed E-state index contributed by atoms with van der Waals surface area (Å²) in [5, 5.41) is 4.32. The van der Waals surface area contributed by atoms with E-state index < -0.39 is 0 Å². The van der Waals surface area contributed by atoms with Crippen LogP contribution in [0.1, 0.15) is 19.8 Å². The predicted molar refractivity (Wildman–Crippen MR) is 74.9 cm³/mol. The van der Waals surface area contributed by atoms with Gasteiger partial charge in [0.25, 0.3) is 0 Å². The molecule has 1 atom stereocenters. The van der Waals surface area contributed by atoms with Crippen molar-refractivity contribution in [2.45, 2.75) is 19.8 Å². The zero-order chi connectivity index (χ0) is 12.1. The van der Waals surface area contributed by atoms with Gasteiger partial charge in [-0.1, -0.05) is 18.5 Å². The third-order valence-corrected chi connectivity index (χ3v) is 3.59.